The number of amides is 2. The van der Waals surface area contributed by atoms with Gasteiger partial charge >= 0.3 is 0 Å². The van der Waals surface area contributed by atoms with Crippen molar-refractivity contribution in [3.8, 4) is 0 Å². The third kappa shape index (κ3) is 10.4. The Kier molecular flexibility index (Phi) is 12.4. The van der Waals surface area contributed by atoms with Crippen molar-refractivity contribution in [2.75, 3.05) is 26.3 Å². The number of halogens is 2. The van der Waals surface area contributed by atoms with E-state index in [-0.39, 0.29) is 24.4 Å². The standard InChI is InChI=1S/C32H39F2N3O4/c1-4-22-7-6-8-23(13-22)19-35-20-30(38)29(16-24-14-27(33)18-28(34)15-24)37-32(40)26-12-21(3)11-25(17-26)31(39)36-9-10-41-5-2/h6-8,11-15,17-18,29-30,35,38H,4-5,9-10,16,19-20H2,1-3H3,(H,36,39)(H,37,40)/t29-,30+/m0/s1. The maximum atomic E-state index is 13.9. The van der Waals surface area contributed by atoms with Crippen LogP contribution < -0.4 is 16.0 Å². The third-order valence-corrected chi connectivity index (χ3v) is 6.58. The van der Waals surface area contributed by atoms with Crippen LogP contribution in [-0.4, -0.2) is 55.4 Å². The second kappa shape index (κ2) is 16.0. The molecule has 0 aliphatic carbocycles. The Labute approximate surface area is 240 Å². The molecule has 220 valence electrons. The maximum absolute atomic E-state index is 13.9. The fourth-order valence-corrected chi connectivity index (χ4v) is 4.51. The van der Waals surface area contributed by atoms with Gasteiger partial charge in [0.05, 0.1) is 18.8 Å². The van der Waals surface area contributed by atoms with E-state index in [1.54, 1.807) is 19.1 Å². The number of rotatable bonds is 15. The van der Waals surface area contributed by atoms with Crippen LogP contribution in [0.25, 0.3) is 0 Å². The van der Waals surface area contributed by atoms with E-state index in [4.69, 9.17) is 4.74 Å². The van der Waals surface area contributed by atoms with Gasteiger partial charge in [0.15, 0.2) is 0 Å². The number of aliphatic hydroxyl groups excluding tert-OH is 1. The predicted molar refractivity (Wildman–Crippen MR) is 155 cm³/mol. The highest BCUT2D eigenvalue weighted by atomic mass is 19.1. The number of carbonyl (C=O) groups excluding carboxylic acids is 2. The second-order valence-electron chi connectivity index (χ2n) is 9.97. The van der Waals surface area contributed by atoms with Crippen LogP contribution in [-0.2, 0) is 24.1 Å². The smallest absolute Gasteiger partial charge is 0.251 e. The van der Waals surface area contributed by atoms with Gasteiger partial charge in [-0.1, -0.05) is 31.2 Å². The summed E-state index contributed by atoms with van der Waals surface area (Å²) in [6, 6.07) is 15.1. The van der Waals surface area contributed by atoms with E-state index >= 15 is 0 Å². The summed E-state index contributed by atoms with van der Waals surface area (Å²) in [5.41, 5.74) is 3.78. The van der Waals surface area contributed by atoms with Gasteiger partial charge in [0.2, 0.25) is 0 Å². The average Bonchev–Trinajstić information content (AvgIpc) is 2.94. The van der Waals surface area contributed by atoms with Crippen LogP contribution in [0.3, 0.4) is 0 Å². The lowest BCUT2D eigenvalue weighted by atomic mass is 9.99. The van der Waals surface area contributed by atoms with Crippen molar-refractivity contribution < 1.29 is 28.2 Å². The number of nitrogens with one attached hydrogen (secondary N) is 3. The lowest BCUT2D eigenvalue weighted by Gasteiger charge is -2.25. The lowest BCUT2D eigenvalue weighted by Crippen LogP contribution is -2.48. The first-order valence-corrected chi connectivity index (χ1v) is 13.9. The van der Waals surface area contributed by atoms with Gasteiger partial charge in [-0.2, -0.15) is 0 Å². The van der Waals surface area contributed by atoms with E-state index in [1.165, 1.54) is 23.8 Å². The van der Waals surface area contributed by atoms with Crippen molar-refractivity contribution in [2.24, 2.45) is 0 Å². The molecule has 0 spiro atoms. The van der Waals surface area contributed by atoms with Gasteiger partial charge in [-0.05, 0) is 79.3 Å². The Balaban J connectivity index is 1.74. The number of hydrogen-bond donors (Lipinski definition) is 4. The van der Waals surface area contributed by atoms with Crippen LogP contribution in [0.1, 0.15) is 56.8 Å². The van der Waals surface area contributed by atoms with E-state index in [0.29, 0.717) is 43.0 Å². The summed E-state index contributed by atoms with van der Waals surface area (Å²) in [7, 11) is 0. The first kappa shape index (κ1) is 31.9. The maximum Gasteiger partial charge on any atom is 0.251 e. The van der Waals surface area contributed by atoms with Crippen LogP contribution in [0.2, 0.25) is 0 Å². The molecule has 0 fully saturated rings. The van der Waals surface area contributed by atoms with Crippen molar-refractivity contribution in [1.82, 2.24) is 16.0 Å². The lowest BCUT2D eigenvalue weighted by molar-refractivity contribution is 0.0829. The number of benzene rings is 3. The van der Waals surface area contributed by atoms with Gasteiger partial charge < -0.3 is 25.8 Å². The minimum atomic E-state index is -1.08. The van der Waals surface area contributed by atoms with E-state index < -0.39 is 29.7 Å². The summed E-state index contributed by atoms with van der Waals surface area (Å²) in [4.78, 5) is 26.0. The van der Waals surface area contributed by atoms with Gasteiger partial charge in [-0.15, -0.1) is 0 Å². The molecule has 0 saturated carbocycles. The molecule has 0 aliphatic heterocycles. The van der Waals surface area contributed by atoms with Crippen molar-refractivity contribution in [3.63, 3.8) is 0 Å². The van der Waals surface area contributed by atoms with Gasteiger partial charge in [0.1, 0.15) is 11.6 Å². The van der Waals surface area contributed by atoms with Crippen molar-refractivity contribution >= 4 is 11.8 Å². The number of ether oxygens (including phenoxy) is 1. The van der Waals surface area contributed by atoms with E-state index in [0.717, 1.165) is 18.1 Å². The zero-order chi connectivity index (χ0) is 29.8. The van der Waals surface area contributed by atoms with Crippen LogP contribution in [0.15, 0.2) is 60.7 Å². The first-order chi connectivity index (χ1) is 19.7. The van der Waals surface area contributed by atoms with E-state index in [1.807, 2.05) is 25.1 Å². The molecule has 9 heteroatoms. The molecule has 0 unspecified atom stereocenters. The zero-order valence-corrected chi connectivity index (χ0v) is 23.8. The molecular formula is C32H39F2N3O4. The summed E-state index contributed by atoms with van der Waals surface area (Å²) >= 11 is 0. The Bertz CT molecular complexity index is 1300. The molecule has 3 aromatic carbocycles. The van der Waals surface area contributed by atoms with E-state index in [2.05, 4.69) is 28.9 Å². The van der Waals surface area contributed by atoms with Crippen LogP contribution >= 0.6 is 0 Å². The molecule has 0 heterocycles. The molecule has 0 aliphatic rings. The average molecular weight is 568 g/mol. The highest BCUT2D eigenvalue weighted by Gasteiger charge is 2.24. The summed E-state index contributed by atoms with van der Waals surface area (Å²) in [6.07, 6.45) is -0.180. The molecule has 2 atom stereocenters. The highest BCUT2D eigenvalue weighted by molar-refractivity contribution is 6.00. The number of carbonyl (C=O) groups is 2. The molecule has 0 aromatic heterocycles. The predicted octanol–water partition coefficient (Wildman–Crippen LogP) is 4.09. The minimum Gasteiger partial charge on any atom is -0.390 e. The summed E-state index contributed by atoms with van der Waals surface area (Å²) in [5, 5.41) is 19.9. The molecular weight excluding hydrogens is 528 g/mol. The van der Waals surface area contributed by atoms with Crippen molar-refractivity contribution in [3.05, 3.63) is 106 Å². The SMILES string of the molecule is CCOCCNC(=O)c1cc(C)cc(C(=O)N[C@@H](Cc2cc(F)cc(F)c2)[C@H](O)CNCc2cccc(CC)c2)c1. The molecule has 41 heavy (non-hydrogen) atoms. The van der Waals surface area contributed by atoms with Crippen molar-refractivity contribution in [2.45, 2.75) is 52.3 Å². The molecule has 2 amide bonds. The molecule has 4 N–H and O–H groups in total. The van der Waals surface area contributed by atoms with Gasteiger partial charge in [0, 0.05) is 43.4 Å². The fourth-order valence-electron chi connectivity index (χ4n) is 4.51. The second-order valence-corrected chi connectivity index (χ2v) is 9.97. The summed E-state index contributed by atoms with van der Waals surface area (Å²) in [6.45, 7) is 7.58. The largest absolute Gasteiger partial charge is 0.390 e. The third-order valence-electron chi connectivity index (χ3n) is 6.58. The summed E-state index contributed by atoms with van der Waals surface area (Å²) < 4.78 is 33.1. The quantitative estimate of drug-likeness (QED) is 0.207. The van der Waals surface area contributed by atoms with Crippen LogP contribution in [0.5, 0.6) is 0 Å². The molecule has 3 rings (SSSR count). The zero-order valence-electron chi connectivity index (χ0n) is 23.8. The molecule has 0 bridgehead atoms. The number of aryl methyl sites for hydroxylation is 2. The number of aliphatic hydroxyl groups is 1. The molecule has 0 saturated heterocycles. The summed E-state index contributed by atoms with van der Waals surface area (Å²) in [5.74, 6) is -2.35. The topological polar surface area (TPSA) is 99.7 Å². The fraction of sp³-hybridized carbons (Fsp3) is 0.375. The van der Waals surface area contributed by atoms with Gasteiger partial charge in [-0.25, -0.2) is 8.78 Å². The normalized spacial score (nSPS) is 12.5. The van der Waals surface area contributed by atoms with Crippen LogP contribution in [0.4, 0.5) is 8.78 Å². The molecule has 7 nitrogen and oxygen atoms in total. The first-order valence-electron chi connectivity index (χ1n) is 13.9. The Morgan fingerprint density at radius 2 is 1.59 bits per heavy atom. The minimum absolute atomic E-state index is 0.00876. The van der Waals surface area contributed by atoms with Crippen LogP contribution in [0, 0.1) is 18.6 Å². The Morgan fingerprint density at radius 1 is 0.902 bits per heavy atom. The Hall–Kier alpha value is -3.66. The highest BCUT2D eigenvalue weighted by Crippen LogP contribution is 2.15. The van der Waals surface area contributed by atoms with E-state index in [9.17, 15) is 23.5 Å². The van der Waals surface area contributed by atoms with Crippen molar-refractivity contribution in [1.29, 1.82) is 0 Å². The molecule has 0 radical (unpaired) electrons. The van der Waals surface area contributed by atoms with Gasteiger partial charge in [0.25, 0.3) is 11.8 Å². The number of hydrogen-bond acceptors (Lipinski definition) is 5. The van der Waals surface area contributed by atoms with Gasteiger partial charge in [-0.3, -0.25) is 9.59 Å². The monoisotopic (exact) mass is 567 g/mol. The Morgan fingerprint density at radius 3 is 2.27 bits per heavy atom. The molecule has 3 aromatic rings.